The number of hydrogen-bond acceptors (Lipinski definition) is 4. The predicted octanol–water partition coefficient (Wildman–Crippen LogP) is 2.67. The fraction of sp³-hybridized carbons (Fsp3) is 0.412. The van der Waals surface area contributed by atoms with Crippen molar-refractivity contribution >= 4 is 17.8 Å². The first-order valence-corrected chi connectivity index (χ1v) is 8.89. The number of ether oxygens (including phenoxy) is 1. The zero-order valence-electron chi connectivity index (χ0n) is 14.5. The lowest BCUT2D eigenvalue weighted by molar-refractivity contribution is 0.154. The second-order valence-corrected chi connectivity index (χ2v) is 6.42. The summed E-state index contributed by atoms with van der Waals surface area (Å²) in [5.74, 6) is 0. The summed E-state index contributed by atoms with van der Waals surface area (Å²) >= 11 is 1.69. The number of aryl methyl sites for hydroxylation is 1. The molecule has 0 saturated carbocycles. The molecular formula is C17H24N4O2S. The second kappa shape index (κ2) is 8.75. The molecule has 6 nitrogen and oxygen atoms in total. The number of nitrogens with one attached hydrogen (secondary N) is 1. The van der Waals surface area contributed by atoms with Crippen LogP contribution in [0.3, 0.4) is 0 Å². The van der Waals surface area contributed by atoms with Crippen LogP contribution in [0, 0.1) is 0 Å². The van der Waals surface area contributed by atoms with Gasteiger partial charge in [0.15, 0.2) is 0 Å². The molecule has 0 aliphatic rings. The van der Waals surface area contributed by atoms with Gasteiger partial charge in [-0.05, 0) is 30.0 Å². The van der Waals surface area contributed by atoms with E-state index in [9.17, 15) is 4.79 Å². The largest absolute Gasteiger partial charge is 0.382 e. The SMILES string of the molecule is COC[C@H](NC(=O)N(C)Cc1cccc(SC)c1)c1ccnn1C. The van der Waals surface area contributed by atoms with E-state index in [4.69, 9.17) is 4.74 Å². The first-order chi connectivity index (χ1) is 11.5. The quantitative estimate of drug-likeness (QED) is 0.782. The third-order valence-electron chi connectivity index (χ3n) is 3.75. The Hall–Kier alpha value is -1.99. The van der Waals surface area contributed by atoms with E-state index in [0.717, 1.165) is 11.3 Å². The topological polar surface area (TPSA) is 59.4 Å². The molecule has 0 radical (unpaired) electrons. The maximum absolute atomic E-state index is 12.5. The average molecular weight is 348 g/mol. The number of hydrogen-bond donors (Lipinski definition) is 1. The number of carbonyl (C=O) groups is 1. The van der Waals surface area contributed by atoms with Gasteiger partial charge in [0.25, 0.3) is 0 Å². The number of rotatable bonds is 7. The van der Waals surface area contributed by atoms with E-state index in [1.807, 2.05) is 31.5 Å². The van der Waals surface area contributed by atoms with Crippen LogP contribution >= 0.6 is 11.8 Å². The number of amides is 2. The number of nitrogens with zero attached hydrogens (tertiary/aromatic N) is 3. The molecule has 1 aromatic carbocycles. The monoisotopic (exact) mass is 348 g/mol. The number of aromatic nitrogens is 2. The Morgan fingerprint density at radius 1 is 1.46 bits per heavy atom. The van der Waals surface area contributed by atoms with Gasteiger partial charge in [-0.15, -0.1) is 11.8 Å². The Morgan fingerprint density at radius 2 is 2.25 bits per heavy atom. The molecule has 130 valence electrons. The normalized spacial score (nSPS) is 12.0. The van der Waals surface area contributed by atoms with E-state index in [0.29, 0.717) is 13.2 Å². The van der Waals surface area contributed by atoms with Crippen LogP contribution in [-0.2, 0) is 18.3 Å². The highest BCUT2D eigenvalue weighted by Crippen LogP contribution is 2.17. The van der Waals surface area contributed by atoms with Gasteiger partial charge in [0.1, 0.15) is 0 Å². The molecule has 1 N–H and O–H groups in total. The van der Waals surface area contributed by atoms with Crippen LogP contribution in [0.1, 0.15) is 17.3 Å². The summed E-state index contributed by atoms with van der Waals surface area (Å²) in [7, 11) is 5.25. The van der Waals surface area contributed by atoms with E-state index < -0.39 is 0 Å². The number of carbonyl (C=O) groups excluding carboxylic acids is 1. The van der Waals surface area contributed by atoms with Crippen LogP contribution in [-0.4, -0.2) is 47.7 Å². The summed E-state index contributed by atoms with van der Waals surface area (Å²) in [6.07, 6.45) is 3.75. The van der Waals surface area contributed by atoms with Gasteiger partial charge in [-0.3, -0.25) is 4.68 Å². The molecule has 2 rings (SSSR count). The molecule has 2 aromatic rings. The zero-order valence-corrected chi connectivity index (χ0v) is 15.3. The maximum Gasteiger partial charge on any atom is 0.318 e. The summed E-state index contributed by atoms with van der Waals surface area (Å²) in [4.78, 5) is 15.4. The molecule has 0 aliphatic heterocycles. The van der Waals surface area contributed by atoms with E-state index in [1.165, 1.54) is 4.90 Å². The van der Waals surface area contributed by atoms with Crippen LogP contribution in [0.5, 0.6) is 0 Å². The molecule has 2 amide bonds. The highest BCUT2D eigenvalue weighted by atomic mass is 32.2. The van der Waals surface area contributed by atoms with Crippen molar-refractivity contribution in [3.63, 3.8) is 0 Å². The minimum atomic E-state index is -0.241. The van der Waals surface area contributed by atoms with Gasteiger partial charge in [-0.2, -0.15) is 5.10 Å². The molecule has 1 aromatic heterocycles. The lowest BCUT2D eigenvalue weighted by atomic mass is 10.2. The molecular weight excluding hydrogens is 324 g/mol. The number of benzene rings is 1. The van der Waals surface area contributed by atoms with Gasteiger partial charge >= 0.3 is 6.03 Å². The third-order valence-corrected chi connectivity index (χ3v) is 4.47. The summed E-state index contributed by atoms with van der Waals surface area (Å²) in [5.41, 5.74) is 2.01. The molecule has 0 fully saturated rings. The van der Waals surface area contributed by atoms with Crippen molar-refractivity contribution in [2.45, 2.75) is 17.5 Å². The number of thioether (sulfide) groups is 1. The summed E-state index contributed by atoms with van der Waals surface area (Å²) in [6.45, 7) is 0.937. The van der Waals surface area contributed by atoms with Crippen molar-refractivity contribution in [3.05, 3.63) is 47.8 Å². The van der Waals surface area contributed by atoms with Crippen LogP contribution in [0.2, 0.25) is 0 Å². The minimum absolute atomic E-state index is 0.146. The van der Waals surface area contributed by atoms with E-state index in [1.54, 1.807) is 41.7 Å². The van der Waals surface area contributed by atoms with Gasteiger partial charge < -0.3 is 15.0 Å². The van der Waals surface area contributed by atoms with Gasteiger partial charge in [-0.1, -0.05) is 12.1 Å². The summed E-state index contributed by atoms with van der Waals surface area (Å²) in [5, 5.41) is 7.16. The minimum Gasteiger partial charge on any atom is -0.382 e. The van der Waals surface area contributed by atoms with E-state index in [2.05, 4.69) is 22.5 Å². The molecule has 7 heteroatoms. The Morgan fingerprint density at radius 3 is 2.88 bits per heavy atom. The van der Waals surface area contributed by atoms with E-state index >= 15 is 0 Å². The fourth-order valence-corrected chi connectivity index (χ4v) is 2.95. The van der Waals surface area contributed by atoms with Crippen molar-refractivity contribution < 1.29 is 9.53 Å². The Labute approximate surface area is 147 Å². The highest BCUT2D eigenvalue weighted by molar-refractivity contribution is 7.98. The van der Waals surface area contributed by atoms with Crippen molar-refractivity contribution in [3.8, 4) is 0 Å². The molecule has 0 unspecified atom stereocenters. The van der Waals surface area contributed by atoms with E-state index in [-0.39, 0.29) is 12.1 Å². The zero-order chi connectivity index (χ0) is 17.5. The summed E-state index contributed by atoms with van der Waals surface area (Å²) in [6, 6.07) is 9.69. The Bertz CT molecular complexity index is 674. The lowest BCUT2D eigenvalue weighted by Gasteiger charge is -2.23. The molecule has 24 heavy (non-hydrogen) atoms. The average Bonchev–Trinajstić information content (AvgIpc) is 3.00. The maximum atomic E-state index is 12.5. The molecule has 0 aliphatic carbocycles. The van der Waals surface area contributed by atoms with Crippen LogP contribution in [0.15, 0.2) is 41.4 Å². The van der Waals surface area contributed by atoms with Crippen molar-refractivity contribution in [1.82, 2.24) is 20.0 Å². The van der Waals surface area contributed by atoms with Crippen LogP contribution in [0.4, 0.5) is 4.79 Å². The number of urea groups is 1. The van der Waals surface area contributed by atoms with Crippen LogP contribution < -0.4 is 5.32 Å². The van der Waals surface area contributed by atoms with Gasteiger partial charge in [0.2, 0.25) is 0 Å². The fourth-order valence-electron chi connectivity index (χ4n) is 2.47. The highest BCUT2D eigenvalue weighted by Gasteiger charge is 2.19. The van der Waals surface area contributed by atoms with Crippen molar-refractivity contribution in [2.24, 2.45) is 7.05 Å². The smallest absolute Gasteiger partial charge is 0.318 e. The van der Waals surface area contributed by atoms with Gasteiger partial charge in [0, 0.05) is 38.8 Å². The predicted molar refractivity (Wildman–Crippen MR) is 96.0 cm³/mol. The Balaban J connectivity index is 2.02. The third kappa shape index (κ3) is 4.75. The van der Waals surface area contributed by atoms with Crippen molar-refractivity contribution in [1.29, 1.82) is 0 Å². The molecule has 0 spiro atoms. The molecule has 1 atom stereocenters. The second-order valence-electron chi connectivity index (χ2n) is 5.54. The first kappa shape index (κ1) is 18.4. The standard InChI is InChI=1S/C17H24N4O2S/c1-20(11-13-6-5-7-14(10-13)24-4)17(22)19-15(12-23-3)16-8-9-18-21(16)2/h5-10,15H,11-12H2,1-4H3,(H,19,22)/t15-/m0/s1. The van der Waals surface area contributed by atoms with Gasteiger partial charge in [0.05, 0.1) is 18.3 Å². The van der Waals surface area contributed by atoms with Crippen molar-refractivity contribution in [2.75, 3.05) is 27.0 Å². The first-order valence-electron chi connectivity index (χ1n) is 7.66. The molecule has 1 heterocycles. The molecule has 0 saturated heterocycles. The summed E-state index contributed by atoms with van der Waals surface area (Å²) < 4.78 is 6.98. The molecule has 0 bridgehead atoms. The Kier molecular flexibility index (Phi) is 6.69. The van der Waals surface area contributed by atoms with Gasteiger partial charge in [-0.25, -0.2) is 4.79 Å². The number of methoxy groups -OCH3 is 1. The van der Waals surface area contributed by atoms with Crippen LogP contribution in [0.25, 0.3) is 0 Å². The lowest BCUT2D eigenvalue weighted by Crippen LogP contribution is -2.41.